The second-order valence-electron chi connectivity index (χ2n) is 6.48. The maximum Gasteiger partial charge on any atom is 0.305 e. The number of rotatable bonds is 5. The van der Waals surface area contributed by atoms with Crippen molar-refractivity contribution in [1.29, 1.82) is 0 Å². The van der Waals surface area contributed by atoms with Crippen LogP contribution in [0, 0.1) is 5.92 Å². The minimum Gasteiger partial charge on any atom is -0.492 e. The number of benzene rings is 1. The lowest BCUT2D eigenvalue weighted by Crippen LogP contribution is -2.49. The predicted octanol–water partition coefficient (Wildman–Crippen LogP) is 2.37. The first-order valence-electron chi connectivity index (χ1n) is 8.56. The maximum absolute atomic E-state index is 13.1. The highest BCUT2D eigenvalue weighted by Crippen LogP contribution is 2.31. The Morgan fingerprint density at radius 2 is 2.04 bits per heavy atom. The fourth-order valence-corrected chi connectivity index (χ4v) is 3.64. The van der Waals surface area contributed by atoms with Crippen molar-refractivity contribution in [3.63, 3.8) is 0 Å². The summed E-state index contributed by atoms with van der Waals surface area (Å²) >= 11 is 6.04. The molecule has 1 N–H and O–H groups in total. The van der Waals surface area contributed by atoms with Gasteiger partial charge in [0, 0.05) is 30.8 Å². The lowest BCUT2D eigenvalue weighted by Gasteiger charge is -2.37. The Hall–Kier alpha value is -1.79. The molecule has 136 valence electrons. The van der Waals surface area contributed by atoms with E-state index in [9.17, 15) is 9.59 Å². The van der Waals surface area contributed by atoms with Crippen LogP contribution in [0.4, 0.5) is 0 Å². The fourth-order valence-electron chi connectivity index (χ4n) is 3.44. The Labute approximate surface area is 151 Å². The highest BCUT2D eigenvalue weighted by Gasteiger charge is 2.34. The van der Waals surface area contributed by atoms with E-state index in [2.05, 4.69) is 0 Å². The number of carbonyl (C=O) groups is 2. The predicted molar refractivity (Wildman–Crippen MR) is 91.9 cm³/mol. The molecule has 1 atom stereocenters. The summed E-state index contributed by atoms with van der Waals surface area (Å²) in [7, 11) is 0. The van der Waals surface area contributed by atoms with Gasteiger partial charge in [0.05, 0.1) is 12.3 Å². The van der Waals surface area contributed by atoms with Crippen LogP contribution in [0.2, 0.25) is 5.02 Å². The third-order valence-corrected chi connectivity index (χ3v) is 4.99. The fraction of sp³-hybridized carbons (Fsp3) is 0.556. The number of fused-ring (bicyclic) bond motifs is 1. The zero-order valence-electron chi connectivity index (χ0n) is 13.9. The van der Waals surface area contributed by atoms with Crippen molar-refractivity contribution in [1.82, 2.24) is 4.90 Å². The lowest BCUT2D eigenvalue weighted by molar-refractivity contribution is -0.143. The summed E-state index contributed by atoms with van der Waals surface area (Å²) in [6.07, 6.45) is 1.98. The van der Waals surface area contributed by atoms with Crippen molar-refractivity contribution >= 4 is 23.5 Å². The van der Waals surface area contributed by atoms with Gasteiger partial charge in [-0.1, -0.05) is 11.6 Å². The highest BCUT2D eigenvalue weighted by molar-refractivity contribution is 6.30. The third-order valence-electron chi connectivity index (χ3n) is 4.76. The normalized spacial score (nSPS) is 20.4. The van der Waals surface area contributed by atoms with Crippen LogP contribution in [0.3, 0.4) is 0 Å². The number of aliphatic carboxylic acids is 1. The van der Waals surface area contributed by atoms with Crippen molar-refractivity contribution in [3.8, 4) is 5.75 Å². The highest BCUT2D eigenvalue weighted by atomic mass is 35.5. The molecule has 0 aliphatic carbocycles. The number of carboxylic acid groups (broad SMARTS) is 1. The first kappa shape index (κ1) is 18.0. The van der Waals surface area contributed by atoms with E-state index in [1.165, 1.54) is 0 Å². The standard InChI is InChI=1S/C18H22ClNO5/c19-14-1-2-16-12(10-14)9-13(11-25-16)18(23)20(6-3-17(21)22)15-4-7-24-8-5-15/h1-2,10,13,15H,3-9,11H2,(H,21,22). The first-order chi connectivity index (χ1) is 12.0. The van der Waals surface area contributed by atoms with Crippen molar-refractivity contribution < 1.29 is 24.2 Å². The Kier molecular flexibility index (Phi) is 5.81. The minimum atomic E-state index is -0.901. The van der Waals surface area contributed by atoms with Gasteiger partial charge in [-0.05, 0) is 43.0 Å². The summed E-state index contributed by atoms with van der Waals surface area (Å²) in [4.78, 5) is 25.8. The molecule has 1 fully saturated rings. The molecular formula is C18H22ClNO5. The quantitative estimate of drug-likeness (QED) is 0.864. The zero-order valence-corrected chi connectivity index (χ0v) is 14.7. The van der Waals surface area contributed by atoms with Crippen LogP contribution in [0.15, 0.2) is 18.2 Å². The van der Waals surface area contributed by atoms with Gasteiger partial charge < -0.3 is 19.5 Å². The average molecular weight is 368 g/mol. The SMILES string of the molecule is O=C(O)CCN(C(=O)C1COc2ccc(Cl)cc2C1)C1CCOCC1. The number of carbonyl (C=O) groups excluding carboxylic acids is 1. The molecule has 0 spiro atoms. The monoisotopic (exact) mass is 367 g/mol. The summed E-state index contributed by atoms with van der Waals surface area (Å²) in [6, 6.07) is 5.44. The summed E-state index contributed by atoms with van der Waals surface area (Å²) in [5, 5.41) is 9.63. The number of nitrogens with zero attached hydrogens (tertiary/aromatic N) is 1. The Balaban J connectivity index is 1.73. The van der Waals surface area contributed by atoms with Crippen LogP contribution in [0.25, 0.3) is 0 Å². The largest absolute Gasteiger partial charge is 0.492 e. The molecule has 0 aromatic heterocycles. The van der Waals surface area contributed by atoms with Crippen LogP contribution in [-0.4, -0.2) is 54.3 Å². The molecule has 2 aliphatic rings. The van der Waals surface area contributed by atoms with Crippen LogP contribution in [0.1, 0.15) is 24.8 Å². The molecular weight excluding hydrogens is 346 g/mol. The van der Waals surface area contributed by atoms with E-state index in [-0.39, 0.29) is 30.8 Å². The van der Waals surface area contributed by atoms with Gasteiger partial charge in [0.25, 0.3) is 0 Å². The van der Waals surface area contributed by atoms with Crippen LogP contribution < -0.4 is 4.74 Å². The smallest absolute Gasteiger partial charge is 0.305 e. The first-order valence-corrected chi connectivity index (χ1v) is 8.93. The number of hydrogen-bond donors (Lipinski definition) is 1. The molecule has 1 saturated heterocycles. The lowest BCUT2D eigenvalue weighted by atomic mass is 9.94. The van der Waals surface area contributed by atoms with Crippen molar-refractivity contribution in [3.05, 3.63) is 28.8 Å². The van der Waals surface area contributed by atoms with E-state index < -0.39 is 5.97 Å². The zero-order chi connectivity index (χ0) is 17.8. The number of amides is 1. The topological polar surface area (TPSA) is 76.1 Å². The van der Waals surface area contributed by atoms with E-state index in [1.807, 2.05) is 12.1 Å². The van der Waals surface area contributed by atoms with Gasteiger partial charge in [-0.2, -0.15) is 0 Å². The summed E-state index contributed by atoms with van der Waals surface area (Å²) in [5.74, 6) is -0.500. The number of carboxylic acids is 1. The Morgan fingerprint density at radius 3 is 2.76 bits per heavy atom. The third kappa shape index (κ3) is 4.44. The van der Waals surface area contributed by atoms with Crippen molar-refractivity contribution in [2.75, 3.05) is 26.4 Å². The van der Waals surface area contributed by atoms with E-state index in [0.29, 0.717) is 31.3 Å². The maximum atomic E-state index is 13.1. The average Bonchev–Trinajstić information content (AvgIpc) is 2.61. The van der Waals surface area contributed by atoms with E-state index in [1.54, 1.807) is 11.0 Å². The molecule has 7 heteroatoms. The van der Waals surface area contributed by atoms with Crippen LogP contribution in [-0.2, 0) is 20.7 Å². The molecule has 1 amide bonds. The Bertz CT molecular complexity index is 644. The molecule has 6 nitrogen and oxygen atoms in total. The molecule has 25 heavy (non-hydrogen) atoms. The van der Waals surface area contributed by atoms with Gasteiger partial charge in [-0.25, -0.2) is 0 Å². The number of halogens is 1. The molecule has 3 rings (SSSR count). The molecule has 1 aromatic carbocycles. The van der Waals surface area contributed by atoms with Gasteiger partial charge >= 0.3 is 5.97 Å². The molecule has 2 heterocycles. The molecule has 1 unspecified atom stereocenters. The number of hydrogen-bond acceptors (Lipinski definition) is 4. The van der Waals surface area contributed by atoms with Crippen molar-refractivity contribution in [2.45, 2.75) is 31.7 Å². The number of ether oxygens (including phenoxy) is 2. The summed E-state index contributed by atoms with van der Waals surface area (Å²) < 4.78 is 11.1. The molecule has 1 aromatic rings. The Morgan fingerprint density at radius 1 is 1.28 bits per heavy atom. The molecule has 2 aliphatic heterocycles. The van der Waals surface area contributed by atoms with Crippen LogP contribution >= 0.6 is 11.6 Å². The van der Waals surface area contributed by atoms with E-state index >= 15 is 0 Å². The van der Waals surface area contributed by atoms with Gasteiger partial charge in [0.15, 0.2) is 0 Å². The van der Waals surface area contributed by atoms with Crippen LogP contribution in [0.5, 0.6) is 5.75 Å². The molecule has 0 radical (unpaired) electrons. The van der Waals surface area contributed by atoms with E-state index in [0.717, 1.165) is 24.2 Å². The second kappa shape index (κ2) is 8.06. The summed E-state index contributed by atoms with van der Waals surface area (Å²) in [6.45, 7) is 1.72. The van der Waals surface area contributed by atoms with Gasteiger partial charge in [0.2, 0.25) is 5.91 Å². The van der Waals surface area contributed by atoms with Gasteiger partial charge in [-0.3, -0.25) is 9.59 Å². The van der Waals surface area contributed by atoms with E-state index in [4.69, 9.17) is 26.2 Å². The minimum absolute atomic E-state index is 0.0290. The van der Waals surface area contributed by atoms with Crippen molar-refractivity contribution in [2.24, 2.45) is 5.92 Å². The van der Waals surface area contributed by atoms with Gasteiger partial charge in [0.1, 0.15) is 12.4 Å². The molecule has 0 bridgehead atoms. The van der Waals surface area contributed by atoms with Gasteiger partial charge in [-0.15, -0.1) is 0 Å². The molecule has 0 saturated carbocycles. The second-order valence-corrected chi connectivity index (χ2v) is 6.92. The summed E-state index contributed by atoms with van der Waals surface area (Å²) in [5.41, 5.74) is 0.919.